The molecule has 0 bridgehead atoms. The van der Waals surface area contributed by atoms with Gasteiger partial charge in [-0.1, -0.05) is 6.07 Å². The summed E-state index contributed by atoms with van der Waals surface area (Å²) in [5.41, 5.74) is 1.67. The number of benzene rings is 1. The highest BCUT2D eigenvalue weighted by Gasteiger charge is 2.40. The lowest BCUT2D eigenvalue weighted by Gasteiger charge is -2.43. The van der Waals surface area contributed by atoms with E-state index in [9.17, 15) is 4.79 Å². The van der Waals surface area contributed by atoms with Crippen LogP contribution in [0.5, 0.6) is 0 Å². The average molecular weight is 383 g/mol. The Morgan fingerprint density at radius 3 is 3.11 bits per heavy atom. The van der Waals surface area contributed by atoms with Crippen LogP contribution < -0.4 is 0 Å². The third kappa shape index (κ3) is 4.19. The Morgan fingerprint density at radius 2 is 2.21 bits per heavy atom. The number of piperidine rings is 1. The van der Waals surface area contributed by atoms with Gasteiger partial charge < -0.3 is 14.4 Å². The van der Waals surface area contributed by atoms with Crippen molar-refractivity contribution in [3.8, 4) is 0 Å². The Morgan fingerprint density at radius 1 is 1.29 bits per heavy atom. The number of likely N-dealkylation sites (tertiary alicyclic amines) is 1. The molecule has 2 saturated heterocycles. The number of amides is 1. The van der Waals surface area contributed by atoms with Gasteiger partial charge in [-0.05, 0) is 37.1 Å². The molecule has 1 amide bonds. The summed E-state index contributed by atoms with van der Waals surface area (Å²) in [5.74, 6) is 0.109. The minimum absolute atomic E-state index is 0.0105. The summed E-state index contributed by atoms with van der Waals surface area (Å²) in [6.45, 7) is 6.55. The summed E-state index contributed by atoms with van der Waals surface area (Å²) in [5, 5.41) is 1.00. The SMILES string of the molecule is COCCN1CCOCC2(CCCN(C(=O)c3ccc4ncccc4c3)C2)C1. The monoisotopic (exact) mass is 383 g/mol. The van der Waals surface area contributed by atoms with Gasteiger partial charge in [0.2, 0.25) is 0 Å². The van der Waals surface area contributed by atoms with E-state index in [1.807, 2.05) is 35.2 Å². The average Bonchev–Trinajstić information content (AvgIpc) is 2.93. The number of hydrogen-bond acceptors (Lipinski definition) is 5. The molecular weight excluding hydrogens is 354 g/mol. The van der Waals surface area contributed by atoms with Crippen molar-refractivity contribution in [2.24, 2.45) is 5.41 Å². The van der Waals surface area contributed by atoms with E-state index >= 15 is 0 Å². The fourth-order valence-corrected chi connectivity index (χ4v) is 4.51. The van der Waals surface area contributed by atoms with Crippen molar-refractivity contribution in [2.45, 2.75) is 12.8 Å². The van der Waals surface area contributed by atoms with Crippen molar-refractivity contribution in [2.75, 3.05) is 59.7 Å². The molecule has 28 heavy (non-hydrogen) atoms. The zero-order valence-electron chi connectivity index (χ0n) is 16.6. The molecular formula is C22H29N3O3. The summed E-state index contributed by atoms with van der Waals surface area (Å²) in [6, 6.07) is 9.70. The molecule has 1 spiro atoms. The van der Waals surface area contributed by atoms with Crippen molar-refractivity contribution < 1.29 is 14.3 Å². The zero-order valence-corrected chi connectivity index (χ0v) is 16.6. The molecule has 6 nitrogen and oxygen atoms in total. The van der Waals surface area contributed by atoms with E-state index in [4.69, 9.17) is 9.47 Å². The van der Waals surface area contributed by atoms with Gasteiger partial charge in [0.1, 0.15) is 0 Å². The molecule has 6 heteroatoms. The maximum absolute atomic E-state index is 13.2. The first-order valence-electron chi connectivity index (χ1n) is 10.1. The highest BCUT2D eigenvalue weighted by molar-refractivity contribution is 5.98. The molecule has 2 aliphatic rings. The molecule has 150 valence electrons. The van der Waals surface area contributed by atoms with Gasteiger partial charge in [0.15, 0.2) is 0 Å². The molecule has 2 fully saturated rings. The number of aromatic nitrogens is 1. The van der Waals surface area contributed by atoms with Crippen molar-refractivity contribution in [3.05, 3.63) is 42.1 Å². The van der Waals surface area contributed by atoms with Gasteiger partial charge in [-0.25, -0.2) is 0 Å². The fraction of sp³-hybridized carbons (Fsp3) is 0.545. The number of fused-ring (bicyclic) bond motifs is 1. The molecule has 0 radical (unpaired) electrons. The summed E-state index contributed by atoms with van der Waals surface area (Å²) in [4.78, 5) is 22.0. The lowest BCUT2D eigenvalue weighted by Crippen LogP contribution is -2.52. The maximum Gasteiger partial charge on any atom is 0.253 e. The molecule has 2 aliphatic heterocycles. The first kappa shape index (κ1) is 19.3. The standard InChI is InChI=1S/C22H29N3O3/c1-27-12-10-24-11-13-28-17-22(15-24)7-3-9-25(16-22)21(26)19-5-6-20-18(14-19)4-2-8-23-20/h2,4-6,8,14H,3,7,9-13,15-17H2,1H3. The molecule has 2 aromatic rings. The molecule has 0 saturated carbocycles. The summed E-state index contributed by atoms with van der Waals surface area (Å²) < 4.78 is 11.2. The second-order valence-corrected chi connectivity index (χ2v) is 8.06. The number of nitrogens with zero attached hydrogens (tertiary/aromatic N) is 3. The van der Waals surface area contributed by atoms with E-state index < -0.39 is 0 Å². The number of rotatable bonds is 4. The van der Waals surface area contributed by atoms with E-state index in [0.717, 1.165) is 81.9 Å². The van der Waals surface area contributed by atoms with Crippen LogP contribution in [-0.2, 0) is 9.47 Å². The van der Waals surface area contributed by atoms with E-state index in [1.54, 1.807) is 13.3 Å². The van der Waals surface area contributed by atoms with Gasteiger partial charge in [0.05, 0.1) is 25.3 Å². The smallest absolute Gasteiger partial charge is 0.253 e. The van der Waals surface area contributed by atoms with Crippen LogP contribution in [0.15, 0.2) is 36.5 Å². The molecule has 1 unspecified atom stereocenters. The van der Waals surface area contributed by atoms with Crippen LogP contribution in [0.4, 0.5) is 0 Å². The second-order valence-electron chi connectivity index (χ2n) is 8.06. The summed E-state index contributed by atoms with van der Waals surface area (Å²) >= 11 is 0. The number of carbonyl (C=O) groups is 1. The molecule has 3 heterocycles. The summed E-state index contributed by atoms with van der Waals surface area (Å²) in [6.07, 6.45) is 3.89. The van der Waals surface area contributed by atoms with Crippen LogP contribution in [0.1, 0.15) is 23.2 Å². The van der Waals surface area contributed by atoms with Crippen molar-refractivity contribution >= 4 is 16.8 Å². The Hall–Kier alpha value is -2.02. The normalized spacial score (nSPS) is 23.8. The minimum atomic E-state index is 0.0105. The van der Waals surface area contributed by atoms with Crippen LogP contribution in [-0.4, -0.2) is 80.3 Å². The van der Waals surface area contributed by atoms with E-state index in [-0.39, 0.29) is 11.3 Å². The molecule has 1 atom stereocenters. The lowest BCUT2D eigenvalue weighted by molar-refractivity contribution is 0.00621. The molecule has 1 aromatic heterocycles. The van der Waals surface area contributed by atoms with Crippen LogP contribution >= 0.6 is 0 Å². The number of carbonyl (C=O) groups excluding carboxylic acids is 1. The number of methoxy groups -OCH3 is 1. The predicted octanol–water partition coefficient (Wildman–Crippen LogP) is 2.44. The quantitative estimate of drug-likeness (QED) is 0.812. The Bertz CT molecular complexity index is 828. The first-order valence-corrected chi connectivity index (χ1v) is 10.1. The Labute approximate surface area is 166 Å². The fourth-order valence-electron chi connectivity index (χ4n) is 4.51. The van der Waals surface area contributed by atoms with Gasteiger partial charge >= 0.3 is 0 Å². The molecule has 0 N–H and O–H groups in total. The van der Waals surface area contributed by atoms with Crippen molar-refractivity contribution in [1.82, 2.24) is 14.8 Å². The van der Waals surface area contributed by atoms with E-state index in [0.29, 0.717) is 0 Å². The topological polar surface area (TPSA) is 54.9 Å². The zero-order chi connectivity index (χ0) is 19.4. The van der Waals surface area contributed by atoms with Gasteiger partial charge in [0.25, 0.3) is 5.91 Å². The number of hydrogen-bond donors (Lipinski definition) is 0. The predicted molar refractivity (Wildman–Crippen MR) is 108 cm³/mol. The molecule has 0 aliphatic carbocycles. The highest BCUT2D eigenvalue weighted by Crippen LogP contribution is 2.33. The van der Waals surface area contributed by atoms with Gasteiger partial charge in [0, 0.05) is 62.4 Å². The van der Waals surface area contributed by atoms with Crippen LogP contribution in [0.25, 0.3) is 10.9 Å². The minimum Gasteiger partial charge on any atom is -0.383 e. The van der Waals surface area contributed by atoms with E-state index in [2.05, 4.69) is 9.88 Å². The van der Waals surface area contributed by atoms with Crippen LogP contribution in [0.2, 0.25) is 0 Å². The largest absolute Gasteiger partial charge is 0.383 e. The Kier molecular flexibility index (Phi) is 5.90. The van der Waals surface area contributed by atoms with Crippen LogP contribution in [0.3, 0.4) is 0 Å². The number of pyridine rings is 1. The lowest BCUT2D eigenvalue weighted by atomic mass is 9.80. The van der Waals surface area contributed by atoms with Gasteiger partial charge in [-0.2, -0.15) is 0 Å². The molecule has 1 aromatic carbocycles. The van der Waals surface area contributed by atoms with Crippen molar-refractivity contribution in [1.29, 1.82) is 0 Å². The number of ether oxygens (including phenoxy) is 2. The first-order chi connectivity index (χ1) is 13.7. The van der Waals surface area contributed by atoms with Crippen LogP contribution in [0, 0.1) is 5.41 Å². The van der Waals surface area contributed by atoms with Crippen molar-refractivity contribution in [3.63, 3.8) is 0 Å². The Balaban J connectivity index is 1.50. The van der Waals surface area contributed by atoms with E-state index in [1.165, 1.54) is 0 Å². The van der Waals surface area contributed by atoms with Gasteiger partial charge in [-0.3, -0.25) is 14.7 Å². The maximum atomic E-state index is 13.2. The third-order valence-corrected chi connectivity index (χ3v) is 5.93. The summed E-state index contributed by atoms with van der Waals surface area (Å²) in [7, 11) is 1.74. The second kappa shape index (κ2) is 8.55. The third-order valence-electron chi connectivity index (χ3n) is 5.93. The van der Waals surface area contributed by atoms with Gasteiger partial charge in [-0.15, -0.1) is 0 Å². The highest BCUT2D eigenvalue weighted by atomic mass is 16.5. The molecule has 4 rings (SSSR count).